The zero-order chi connectivity index (χ0) is 13.8. The molecule has 0 aromatic heterocycles. The monoisotopic (exact) mass is 324 g/mol. The average molecular weight is 325 g/mol. The number of hydrogen-bond acceptors (Lipinski definition) is 2. The highest BCUT2D eigenvalue weighted by Crippen LogP contribution is 2.24. The number of alkyl halides is 1. The van der Waals surface area contributed by atoms with E-state index in [0.29, 0.717) is 10.9 Å². The van der Waals surface area contributed by atoms with Gasteiger partial charge in [-0.25, -0.2) is 0 Å². The fourth-order valence-corrected chi connectivity index (χ4v) is 2.91. The standard InChI is InChI=1S/C15H21BrN2O/c1-18(2)14-9-3-11(4-10-14)15(19)17-13-7-5-12(16)6-8-13/h3-4,9-10,12-13H,5-8H2,1-2H3,(H,17,19). The Bertz CT molecular complexity index is 422. The molecule has 1 aliphatic carbocycles. The van der Waals surface area contributed by atoms with Gasteiger partial charge in [-0.05, 0) is 49.9 Å². The molecule has 0 radical (unpaired) electrons. The van der Waals surface area contributed by atoms with Crippen molar-refractivity contribution in [1.82, 2.24) is 5.32 Å². The van der Waals surface area contributed by atoms with Crippen molar-refractivity contribution in [1.29, 1.82) is 0 Å². The largest absolute Gasteiger partial charge is 0.378 e. The van der Waals surface area contributed by atoms with E-state index in [4.69, 9.17) is 0 Å². The van der Waals surface area contributed by atoms with Gasteiger partial charge in [0.25, 0.3) is 5.91 Å². The summed E-state index contributed by atoms with van der Waals surface area (Å²) in [7, 11) is 3.99. The first kappa shape index (κ1) is 14.4. The van der Waals surface area contributed by atoms with Crippen LogP contribution in [0.15, 0.2) is 24.3 Å². The molecule has 19 heavy (non-hydrogen) atoms. The van der Waals surface area contributed by atoms with Crippen molar-refractivity contribution in [3.63, 3.8) is 0 Å². The Labute approximate surface area is 123 Å². The van der Waals surface area contributed by atoms with Crippen LogP contribution >= 0.6 is 15.9 Å². The predicted octanol–water partition coefficient (Wildman–Crippen LogP) is 3.19. The summed E-state index contributed by atoms with van der Waals surface area (Å²) in [5.41, 5.74) is 1.85. The maximum absolute atomic E-state index is 12.1. The topological polar surface area (TPSA) is 32.3 Å². The van der Waals surface area contributed by atoms with Gasteiger partial charge in [-0.3, -0.25) is 4.79 Å². The van der Waals surface area contributed by atoms with E-state index in [9.17, 15) is 4.79 Å². The minimum atomic E-state index is 0.0447. The van der Waals surface area contributed by atoms with Crippen LogP contribution in [0.5, 0.6) is 0 Å². The van der Waals surface area contributed by atoms with Crippen LogP contribution < -0.4 is 10.2 Å². The fraction of sp³-hybridized carbons (Fsp3) is 0.533. The van der Waals surface area contributed by atoms with E-state index in [0.717, 1.165) is 36.9 Å². The lowest BCUT2D eigenvalue weighted by Crippen LogP contribution is -2.37. The molecule has 1 aromatic rings. The van der Waals surface area contributed by atoms with Crippen molar-refractivity contribution in [3.8, 4) is 0 Å². The maximum atomic E-state index is 12.1. The van der Waals surface area contributed by atoms with Crippen LogP contribution in [0.2, 0.25) is 0 Å². The lowest BCUT2D eigenvalue weighted by atomic mass is 9.95. The van der Waals surface area contributed by atoms with E-state index in [1.807, 2.05) is 43.3 Å². The maximum Gasteiger partial charge on any atom is 0.251 e. The highest BCUT2D eigenvalue weighted by atomic mass is 79.9. The van der Waals surface area contributed by atoms with Crippen molar-refractivity contribution in [2.45, 2.75) is 36.6 Å². The van der Waals surface area contributed by atoms with Gasteiger partial charge in [-0.15, -0.1) is 0 Å². The number of nitrogens with one attached hydrogen (secondary N) is 1. The Morgan fingerprint density at radius 1 is 1.16 bits per heavy atom. The quantitative estimate of drug-likeness (QED) is 0.866. The van der Waals surface area contributed by atoms with Crippen LogP contribution in [0.1, 0.15) is 36.0 Å². The van der Waals surface area contributed by atoms with Gasteiger partial charge in [0.2, 0.25) is 0 Å². The number of amides is 1. The fourth-order valence-electron chi connectivity index (χ4n) is 2.38. The molecule has 1 fully saturated rings. The molecule has 1 amide bonds. The highest BCUT2D eigenvalue weighted by Gasteiger charge is 2.20. The second kappa shape index (κ2) is 6.42. The molecule has 0 aliphatic heterocycles. The SMILES string of the molecule is CN(C)c1ccc(C(=O)NC2CCC(Br)CC2)cc1. The summed E-state index contributed by atoms with van der Waals surface area (Å²) in [4.78, 5) is 14.8. The molecule has 1 aliphatic rings. The van der Waals surface area contributed by atoms with Crippen molar-refractivity contribution in [2.75, 3.05) is 19.0 Å². The molecule has 0 atom stereocenters. The molecular weight excluding hydrogens is 304 g/mol. The Morgan fingerprint density at radius 3 is 2.26 bits per heavy atom. The smallest absolute Gasteiger partial charge is 0.251 e. The van der Waals surface area contributed by atoms with Crippen molar-refractivity contribution >= 4 is 27.5 Å². The summed E-state index contributed by atoms with van der Waals surface area (Å²) in [6.07, 6.45) is 4.42. The van der Waals surface area contributed by atoms with Crippen LogP contribution in [0.3, 0.4) is 0 Å². The Hall–Kier alpha value is -1.03. The first-order valence-electron chi connectivity index (χ1n) is 6.78. The molecule has 3 nitrogen and oxygen atoms in total. The summed E-state index contributed by atoms with van der Waals surface area (Å²) in [6.45, 7) is 0. The molecule has 0 unspecified atom stereocenters. The number of nitrogens with zero attached hydrogens (tertiary/aromatic N) is 1. The molecule has 2 rings (SSSR count). The first-order valence-corrected chi connectivity index (χ1v) is 7.70. The molecule has 1 aromatic carbocycles. The van der Waals surface area contributed by atoms with Gasteiger partial charge in [-0.1, -0.05) is 15.9 Å². The summed E-state index contributed by atoms with van der Waals surface area (Å²) >= 11 is 3.63. The van der Waals surface area contributed by atoms with Gasteiger partial charge in [0.05, 0.1) is 0 Å². The van der Waals surface area contributed by atoms with E-state index >= 15 is 0 Å². The van der Waals surface area contributed by atoms with Crippen molar-refractivity contribution < 1.29 is 4.79 Å². The van der Waals surface area contributed by atoms with Crippen LogP contribution in [0.4, 0.5) is 5.69 Å². The number of carbonyl (C=O) groups excluding carboxylic acids is 1. The van der Waals surface area contributed by atoms with E-state index in [1.54, 1.807) is 0 Å². The second-order valence-electron chi connectivity index (χ2n) is 5.36. The predicted molar refractivity (Wildman–Crippen MR) is 83.2 cm³/mol. The number of rotatable bonds is 3. The van der Waals surface area contributed by atoms with Crippen LogP contribution in [-0.4, -0.2) is 30.9 Å². The highest BCUT2D eigenvalue weighted by molar-refractivity contribution is 9.09. The van der Waals surface area contributed by atoms with Gasteiger partial charge in [0.1, 0.15) is 0 Å². The second-order valence-corrected chi connectivity index (χ2v) is 6.66. The van der Waals surface area contributed by atoms with E-state index in [2.05, 4.69) is 21.2 Å². The van der Waals surface area contributed by atoms with Gasteiger partial charge < -0.3 is 10.2 Å². The van der Waals surface area contributed by atoms with Gasteiger partial charge in [0, 0.05) is 36.2 Å². The number of benzene rings is 1. The summed E-state index contributed by atoms with van der Waals surface area (Å²) in [5, 5.41) is 3.13. The number of hydrogen-bond donors (Lipinski definition) is 1. The first-order chi connectivity index (χ1) is 9.06. The number of anilines is 1. The Morgan fingerprint density at radius 2 is 1.74 bits per heavy atom. The molecule has 4 heteroatoms. The summed E-state index contributed by atoms with van der Waals surface area (Å²) in [5.74, 6) is 0.0447. The molecule has 0 saturated heterocycles. The number of halogens is 1. The van der Waals surface area contributed by atoms with Crippen LogP contribution in [0.25, 0.3) is 0 Å². The third-order valence-electron chi connectivity index (χ3n) is 3.64. The molecule has 104 valence electrons. The zero-order valence-corrected chi connectivity index (χ0v) is 13.1. The molecule has 0 heterocycles. The van der Waals surface area contributed by atoms with Gasteiger partial charge >= 0.3 is 0 Å². The molecular formula is C15H21BrN2O. The third kappa shape index (κ3) is 3.96. The van der Waals surface area contributed by atoms with E-state index < -0.39 is 0 Å². The van der Waals surface area contributed by atoms with Gasteiger partial charge in [-0.2, -0.15) is 0 Å². The molecule has 1 saturated carbocycles. The summed E-state index contributed by atoms with van der Waals surface area (Å²) in [6, 6.07) is 8.06. The Balaban J connectivity index is 1.92. The van der Waals surface area contributed by atoms with Crippen LogP contribution in [0, 0.1) is 0 Å². The molecule has 0 bridgehead atoms. The number of carbonyl (C=O) groups is 1. The van der Waals surface area contributed by atoms with Crippen LogP contribution in [-0.2, 0) is 0 Å². The minimum absolute atomic E-state index is 0.0447. The minimum Gasteiger partial charge on any atom is -0.378 e. The van der Waals surface area contributed by atoms with Crippen molar-refractivity contribution in [2.24, 2.45) is 0 Å². The van der Waals surface area contributed by atoms with E-state index in [-0.39, 0.29) is 5.91 Å². The van der Waals surface area contributed by atoms with E-state index in [1.165, 1.54) is 0 Å². The molecule has 0 spiro atoms. The zero-order valence-electron chi connectivity index (χ0n) is 11.5. The van der Waals surface area contributed by atoms with Crippen molar-refractivity contribution in [3.05, 3.63) is 29.8 Å². The lowest BCUT2D eigenvalue weighted by molar-refractivity contribution is 0.0928. The van der Waals surface area contributed by atoms with Gasteiger partial charge in [0.15, 0.2) is 0 Å². The average Bonchev–Trinajstić information content (AvgIpc) is 2.41. The third-order valence-corrected chi connectivity index (χ3v) is 4.55. The molecule has 1 N–H and O–H groups in total. The lowest BCUT2D eigenvalue weighted by Gasteiger charge is -2.26. The normalized spacial score (nSPS) is 22.9. The summed E-state index contributed by atoms with van der Waals surface area (Å²) < 4.78 is 0. The Kier molecular flexibility index (Phi) is 4.86.